The van der Waals surface area contributed by atoms with Gasteiger partial charge in [-0.25, -0.2) is 0 Å². The number of nitrogen functional groups attached to an aromatic ring is 1. The highest BCUT2D eigenvalue weighted by Gasteiger charge is 2.25. The second kappa shape index (κ2) is 6.24. The van der Waals surface area contributed by atoms with Crippen molar-refractivity contribution in [2.45, 2.75) is 52.4 Å². The Morgan fingerprint density at radius 2 is 2.10 bits per heavy atom. The lowest BCUT2D eigenvalue weighted by molar-refractivity contribution is -0.0253. The monoisotopic (exact) mass is 291 g/mol. The molecule has 1 heterocycles. The van der Waals surface area contributed by atoms with E-state index in [9.17, 15) is 0 Å². The van der Waals surface area contributed by atoms with Crippen molar-refractivity contribution in [1.29, 1.82) is 0 Å². The quantitative estimate of drug-likeness (QED) is 0.866. The summed E-state index contributed by atoms with van der Waals surface area (Å²) in [6, 6.07) is 3.88. The zero-order valence-electron chi connectivity index (χ0n) is 12.9. The first-order valence-electron chi connectivity index (χ1n) is 7.87. The Bertz CT molecular complexity index is 503. The van der Waals surface area contributed by atoms with E-state index >= 15 is 0 Å². The maximum Gasteiger partial charge on any atom is 0.189 e. The van der Waals surface area contributed by atoms with Gasteiger partial charge in [-0.2, -0.15) is 0 Å². The topological polar surface area (TPSA) is 53.7 Å². The average Bonchev–Trinajstić information content (AvgIpc) is 2.48. The molecule has 1 fully saturated rings. The first-order chi connectivity index (χ1) is 10.1. The lowest BCUT2D eigenvalue weighted by Crippen LogP contribution is -2.26. The van der Waals surface area contributed by atoms with Gasteiger partial charge in [0.2, 0.25) is 0 Å². The summed E-state index contributed by atoms with van der Waals surface area (Å²) < 4.78 is 17.1. The molecular weight excluding hydrogens is 266 g/mol. The number of fused-ring (bicyclic) bond motifs is 1. The number of anilines is 1. The van der Waals surface area contributed by atoms with Crippen molar-refractivity contribution in [2.24, 2.45) is 11.8 Å². The maximum absolute atomic E-state index is 6.13. The molecule has 21 heavy (non-hydrogen) atoms. The summed E-state index contributed by atoms with van der Waals surface area (Å²) >= 11 is 0. The van der Waals surface area contributed by atoms with Gasteiger partial charge in [-0.3, -0.25) is 0 Å². The molecule has 3 atom stereocenters. The van der Waals surface area contributed by atoms with E-state index in [2.05, 4.69) is 13.8 Å². The standard InChI is InChI=1S/C17H25NO3/c1-11-3-4-16(5-12(11)2)20-9-14-7-15(18)6-13-8-19-10-21-17(13)14/h6-7,11-12,16H,3-5,8-10,18H2,1-2H3. The number of rotatable bonds is 3. The molecule has 1 aromatic rings. The third-order valence-corrected chi connectivity index (χ3v) is 4.83. The van der Waals surface area contributed by atoms with E-state index in [0.717, 1.165) is 47.2 Å². The first kappa shape index (κ1) is 14.7. The van der Waals surface area contributed by atoms with Crippen LogP contribution in [0, 0.1) is 11.8 Å². The van der Waals surface area contributed by atoms with E-state index in [0.29, 0.717) is 26.1 Å². The molecule has 0 saturated heterocycles. The lowest BCUT2D eigenvalue weighted by atomic mass is 9.80. The molecule has 4 nitrogen and oxygen atoms in total. The predicted molar refractivity (Wildman–Crippen MR) is 81.9 cm³/mol. The van der Waals surface area contributed by atoms with Crippen LogP contribution in [0.1, 0.15) is 44.2 Å². The molecule has 1 aliphatic carbocycles. The molecule has 1 aromatic carbocycles. The molecule has 0 radical (unpaired) electrons. The Labute approximate surface area is 126 Å². The van der Waals surface area contributed by atoms with Crippen molar-refractivity contribution in [3.63, 3.8) is 0 Å². The fraction of sp³-hybridized carbons (Fsp3) is 0.647. The summed E-state index contributed by atoms with van der Waals surface area (Å²) in [5, 5.41) is 0. The summed E-state index contributed by atoms with van der Waals surface area (Å²) in [7, 11) is 0. The van der Waals surface area contributed by atoms with Gasteiger partial charge in [-0.1, -0.05) is 13.8 Å². The summed E-state index contributed by atoms with van der Waals surface area (Å²) in [6.07, 6.45) is 3.91. The predicted octanol–water partition coefficient (Wildman–Crippen LogP) is 3.48. The van der Waals surface area contributed by atoms with Crippen LogP contribution in [0.3, 0.4) is 0 Å². The van der Waals surface area contributed by atoms with Crippen LogP contribution in [-0.4, -0.2) is 12.9 Å². The lowest BCUT2D eigenvalue weighted by Gasteiger charge is -2.32. The highest BCUT2D eigenvalue weighted by atomic mass is 16.7. The van der Waals surface area contributed by atoms with Gasteiger partial charge < -0.3 is 19.9 Å². The van der Waals surface area contributed by atoms with E-state index in [-0.39, 0.29) is 0 Å². The van der Waals surface area contributed by atoms with Crippen molar-refractivity contribution in [3.8, 4) is 5.75 Å². The van der Waals surface area contributed by atoms with Gasteiger partial charge >= 0.3 is 0 Å². The molecule has 1 aliphatic heterocycles. The van der Waals surface area contributed by atoms with Crippen LogP contribution in [0.25, 0.3) is 0 Å². The molecule has 0 aromatic heterocycles. The van der Waals surface area contributed by atoms with Crippen molar-refractivity contribution >= 4 is 5.69 Å². The van der Waals surface area contributed by atoms with Crippen LogP contribution in [0.15, 0.2) is 12.1 Å². The molecule has 1 saturated carbocycles. The molecule has 0 bridgehead atoms. The average molecular weight is 291 g/mol. The van der Waals surface area contributed by atoms with Gasteiger partial charge in [0.05, 0.1) is 19.3 Å². The Morgan fingerprint density at radius 3 is 2.90 bits per heavy atom. The van der Waals surface area contributed by atoms with Crippen LogP contribution in [0.4, 0.5) is 5.69 Å². The van der Waals surface area contributed by atoms with E-state index in [4.69, 9.17) is 19.9 Å². The highest BCUT2D eigenvalue weighted by molar-refractivity contribution is 5.53. The van der Waals surface area contributed by atoms with E-state index in [1.54, 1.807) is 0 Å². The number of benzene rings is 1. The second-order valence-electron chi connectivity index (χ2n) is 6.48. The van der Waals surface area contributed by atoms with Crippen molar-refractivity contribution in [3.05, 3.63) is 23.3 Å². The number of nitrogens with two attached hydrogens (primary N) is 1. The van der Waals surface area contributed by atoms with Crippen LogP contribution < -0.4 is 10.5 Å². The molecule has 3 unspecified atom stereocenters. The molecule has 0 spiro atoms. The third kappa shape index (κ3) is 3.33. The SMILES string of the molecule is CC1CCC(OCc2cc(N)cc3c2OCOC3)CC1C. The molecule has 3 rings (SSSR count). The fourth-order valence-corrected chi connectivity index (χ4v) is 3.29. The molecular formula is C17H25NO3. The van der Waals surface area contributed by atoms with Crippen LogP contribution in [0.5, 0.6) is 5.75 Å². The van der Waals surface area contributed by atoms with E-state index < -0.39 is 0 Å². The van der Waals surface area contributed by atoms with E-state index in [1.807, 2.05) is 12.1 Å². The number of hydrogen-bond acceptors (Lipinski definition) is 4. The van der Waals surface area contributed by atoms with Gasteiger partial charge in [0.1, 0.15) is 5.75 Å². The summed E-state index contributed by atoms with van der Waals surface area (Å²) in [4.78, 5) is 0. The molecule has 2 aliphatic rings. The summed E-state index contributed by atoms with van der Waals surface area (Å²) in [5.41, 5.74) is 8.77. The zero-order valence-corrected chi connectivity index (χ0v) is 12.9. The van der Waals surface area contributed by atoms with Crippen LogP contribution >= 0.6 is 0 Å². The summed E-state index contributed by atoms with van der Waals surface area (Å²) in [5.74, 6) is 2.45. The molecule has 2 N–H and O–H groups in total. The number of ether oxygens (including phenoxy) is 3. The Hall–Kier alpha value is -1.26. The minimum atomic E-state index is 0.307. The smallest absolute Gasteiger partial charge is 0.189 e. The highest BCUT2D eigenvalue weighted by Crippen LogP contribution is 2.34. The molecule has 116 valence electrons. The van der Waals surface area contributed by atoms with Gasteiger partial charge in [-0.15, -0.1) is 0 Å². The number of hydrogen-bond donors (Lipinski definition) is 1. The van der Waals surface area contributed by atoms with Gasteiger partial charge in [0, 0.05) is 16.8 Å². The van der Waals surface area contributed by atoms with Crippen LogP contribution in [0.2, 0.25) is 0 Å². The van der Waals surface area contributed by atoms with Crippen LogP contribution in [-0.2, 0) is 22.7 Å². The Balaban J connectivity index is 1.66. The zero-order chi connectivity index (χ0) is 14.8. The van der Waals surface area contributed by atoms with Crippen molar-refractivity contribution < 1.29 is 14.2 Å². The van der Waals surface area contributed by atoms with Gasteiger partial charge in [-0.05, 0) is 43.2 Å². The summed E-state index contributed by atoms with van der Waals surface area (Å²) in [6.45, 7) is 6.10. The minimum Gasteiger partial charge on any atom is -0.467 e. The van der Waals surface area contributed by atoms with E-state index in [1.165, 1.54) is 6.42 Å². The van der Waals surface area contributed by atoms with Crippen molar-refractivity contribution in [2.75, 3.05) is 12.5 Å². The molecule has 4 heteroatoms. The largest absolute Gasteiger partial charge is 0.467 e. The third-order valence-electron chi connectivity index (χ3n) is 4.83. The fourth-order valence-electron chi connectivity index (χ4n) is 3.29. The Morgan fingerprint density at radius 1 is 1.24 bits per heavy atom. The first-order valence-corrected chi connectivity index (χ1v) is 7.87. The maximum atomic E-state index is 6.13. The van der Waals surface area contributed by atoms with Crippen molar-refractivity contribution in [1.82, 2.24) is 0 Å². The second-order valence-corrected chi connectivity index (χ2v) is 6.48. The normalized spacial score (nSPS) is 28.8. The Kier molecular flexibility index (Phi) is 4.36. The van der Waals surface area contributed by atoms with Gasteiger partial charge in [0.15, 0.2) is 6.79 Å². The molecule has 0 amide bonds. The minimum absolute atomic E-state index is 0.307. The van der Waals surface area contributed by atoms with Gasteiger partial charge in [0.25, 0.3) is 0 Å².